The molecule has 120 valence electrons. The molecule has 0 aliphatic carbocycles. The van der Waals surface area contributed by atoms with Crippen molar-refractivity contribution in [3.05, 3.63) is 65.6 Å². The van der Waals surface area contributed by atoms with Crippen LogP contribution in [0.2, 0.25) is 0 Å². The summed E-state index contributed by atoms with van der Waals surface area (Å²) in [6, 6.07) is 16.7. The van der Waals surface area contributed by atoms with Crippen LogP contribution in [0.15, 0.2) is 52.9 Å². The third kappa shape index (κ3) is 3.07. The Hall–Kier alpha value is -1.97. The molecule has 23 heavy (non-hydrogen) atoms. The molecule has 3 nitrogen and oxygen atoms in total. The average molecular weight is 330 g/mol. The van der Waals surface area contributed by atoms with Crippen molar-refractivity contribution in [1.29, 1.82) is 0 Å². The number of hydrogen-bond acceptors (Lipinski definition) is 3. The molecule has 1 N–H and O–H groups in total. The first-order valence-electron chi connectivity index (χ1n) is 7.75. The van der Waals surface area contributed by atoms with Crippen LogP contribution in [0.1, 0.15) is 29.6 Å². The normalized spacial score (nSPS) is 17.2. The molecule has 0 amide bonds. The van der Waals surface area contributed by atoms with Crippen molar-refractivity contribution >= 4 is 23.2 Å². The van der Waals surface area contributed by atoms with Gasteiger partial charge in [-0.3, -0.25) is 0 Å². The number of benzene rings is 2. The lowest BCUT2D eigenvalue weighted by Crippen LogP contribution is -2.14. The first kappa shape index (κ1) is 15.9. The maximum Gasteiger partial charge on any atom is 0.128 e. The summed E-state index contributed by atoms with van der Waals surface area (Å²) >= 11 is 0. The van der Waals surface area contributed by atoms with E-state index in [0.717, 1.165) is 42.2 Å². The number of aryl methyl sites for hydroxylation is 1. The molecule has 0 fully saturated rings. The third-order valence-corrected chi connectivity index (χ3v) is 4.20. The Bertz CT molecular complexity index is 807. The SMILES string of the molecule is Cc1cc2c(o1)CNCCC2Oc1cccc2ccccc12.Cl. The molecule has 0 radical (unpaired) electrons. The van der Waals surface area contributed by atoms with E-state index in [9.17, 15) is 0 Å². The molecule has 1 aromatic heterocycles. The predicted molar refractivity (Wildman–Crippen MR) is 94.3 cm³/mol. The first-order chi connectivity index (χ1) is 10.8. The second-order valence-corrected chi connectivity index (χ2v) is 5.78. The van der Waals surface area contributed by atoms with E-state index in [1.807, 2.05) is 19.1 Å². The molecular formula is C19H20ClNO2. The van der Waals surface area contributed by atoms with Gasteiger partial charge in [0.05, 0.1) is 6.54 Å². The Morgan fingerprint density at radius 3 is 2.87 bits per heavy atom. The highest BCUT2D eigenvalue weighted by Crippen LogP contribution is 2.34. The lowest BCUT2D eigenvalue weighted by atomic mass is 10.1. The van der Waals surface area contributed by atoms with E-state index in [0.29, 0.717) is 0 Å². The molecule has 0 saturated carbocycles. The van der Waals surface area contributed by atoms with E-state index in [1.54, 1.807) is 0 Å². The molecule has 1 atom stereocenters. The van der Waals surface area contributed by atoms with Gasteiger partial charge in [0.2, 0.25) is 0 Å². The molecule has 2 aromatic carbocycles. The summed E-state index contributed by atoms with van der Waals surface area (Å²) < 4.78 is 12.2. The standard InChI is InChI=1S/C19H19NO2.ClH/c1-13-11-16-18(9-10-20-12-19(16)21-13)22-17-8-4-6-14-5-2-3-7-15(14)17;/h2-8,11,18,20H,9-10,12H2,1H3;1H. The maximum absolute atomic E-state index is 6.39. The fourth-order valence-corrected chi connectivity index (χ4v) is 3.16. The van der Waals surface area contributed by atoms with Crippen molar-refractivity contribution in [2.24, 2.45) is 0 Å². The lowest BCUT2D eigenvalue weighted by Gasteiger charge is -2.18. The van der Waals surface area contributed by atoms with E-state index in [-0.39, 0.29) is 18.5 Å². The summed E-state index contributed by atoms with van der Waals surface area (Å²) in [5.74, 6) is 2.88. The molecule has 3 aromatic rings. The van der Waals surface area contributed by atoms with Crippen LogP contribution in [0.5, 0.6) is 5.75 Å². The van der Waals surface area contributed by atoms with Gasteiger partial charge in [-0.25, -0.2) is 0 Å². The Morgan fingerprint density at radius 2 is 1.96 bits per heavy atom. The molecule has 4 rings (SSSR count). The molecular weight excluding hydrogens is 310 g/mol. The Labute approximate surface area is 142 Å². The molecule has 1 aliphatic rings. The molecule has 4 heteroatoms. The molecule has 0 bridgehead atoms. The minimum atomic E-state index is 0. The fraction of sp³-hybridized carbons (Fsp3) is 0.263. The zero-order valence-electron chi connectivity index (χ0n) is 13.0. The summed E-state index contributed by atoms with van der Waals surface area (Å²) in [4.78, 5) is 0. The summed E-state index contributed by atoms with van der Waals surface area (Å²) in [5.41, 5.74) is 1.18. The summed E-state index contributed by atoms with van der Waals surface area (Å²) in [6.45, 7) is 3.70. The highest BCUT2D eigenvalue weighted by molar-refractivity contribution is 5.88. The number of rotatable bonds is 2. The van der Waals surface area contributed by atoms with Crippen LogP contribution >= 0.6 is 12.4 Å². The van der Waals surface area contributed by atoms with Gasteiger partial charge in [-0.2, -0.15) is 0 Å². The Balaban J connectivity index is 0.00000156. The van der Waals surface area contributed by atoms with E-state index < -0.39 is 0 Å². The second-order valence-electron chi connectivity index (χ2n) is 5.78. The number of furan rings is 1. The third-order valence-electron chi connectivity index (χ3n) is 4.20. The average Bonchev–Trinajstić information content (AvgIpc) is 2.82. The van der Waals surface area contributed by atoms with Gasteiger partial charge < -0.3 is 14.5 Å². The summed E-state index contributed by atoms with van der Waals surface area (Å²) in [7, 11) is 0. The number of hydrogen-bond donors (Lipinski definition) is 1. The maximum atomic E-state index is 6.39. The minimum absolute atomic E-state index is 0. The smallest absolute Gasteiger partial charge is 0.128 e. The predicted octanol–water partition coefficient (Wildman–Crippen LogP) is 4.78. The first-order valence-corrected chi connectivity index (χ1v) is 7.75. The van der Waals surface area contributed by atoms with Gasteiger partial charge in [-0.05, 0) is 31.0 Å². The van der Waals surface area contributed by atoms with Crippen molar-refractivity contribution in [3.63, 3.8) is 0 Å². The quantitative estimate of drug-likeness (QED) is 0.735. The van der Waals surface area contributed by atoms with Gasteiger partial charge in [0.15, 0.2) is 0 Å². The van der Waals surface area contributed by atoms with Crippen LogP contribution in [0.25, 0.3) is 10.8 Å². The van der Waals surface area contributed by atoms with Crippen LogP contribution in [-0.2, 0) is 6.54 Å². The van der Waals surface area contributed by atoms with Crippen molar-refractivity contribution in [2.75, 3.05) is 6.54 Å². The molecule has 1 aliphatic heterocycles. The number of ether oxygens (including phenoxy) is 1. The van der Waals surface area contributed by atoms with E-state index in [4.69, 9.17) is 9.15 Å². The lowest BCUT2D eigenvalue weighted by molar-refractivity contribution is 0.199. The fourth-order valence-electron chi connectivity index (χ4n) is 3.16. The second kappa shape index (κ2) is 6.65. The van der Waals surface area contributed by atoms with Crippen LogP contribution < -0.4 is 10.1 Å². The van der Waals surface area contributed by atoms with Gasteiger partial charge in [0.1, 0.15) is 23.4 Å². The van der Waals surface area contributed by atoms with Crippen molar-refractivity contribution in [2.45, 2.75) is 26.0 Å². The monoisotopic (exact) mass is 329 g/mol. The van der Waals surface area contributed by atoms with E-state index >= 15 is 0 Å². The van der Waals surface area contributed by atoms with Crippen molar-refractivity contribution < 1.29 is 9.15 Å². The summed E-state index contributed by atoms with van der Waals surface area (Å²) in [6.07, 6.45) is 0.975. The highest BCUT2D eigenvalue weighted by atomic mass is 35.5. The van der Waals surface area contributed by atoms with Crippen molar-refractivity contribution in [3.8, 4) is 5.75 Å². The Kier molecular flexibility index (Phi) is 4.60. The van der Waals surface area contributed by atoms with E-state index in [1.165, 1.54) is 10.9 Å². The topological polar surface area (TPSA) is 34.4 Å². The van der Waals surface area contributed by atoms with Crippen LogP contribution in [0.3, 0.4) is 0 Å². The zero-order chi connectivity index (χ0) is 14.9. The van der Waals surface area contributed by atoms with E-state index in [2.05, 4.69) is 41.7 Å². The molecule has 0 saturated heterocycles. The minimum Gasteiger partial charge on any atom is -0.485 e. The van der Waals surface area contributed by atoms with Gasteiger partial charge >= 0.3 is 0 Å². The van der Waals surface area contributed by atoms with Crippen LogP contribution in [-0.4, -0.2) is 6.54 Å². The zero-order valence-corrected chi connectivity index (χ0v) is 13.9. The number of fused-ring (bicyclic) bond motifs is 2. The summed E-state index contributed by atoms with van der Waals surface area (Å²) in [5, 5.41) is 5.76. The van der Waals surface area contributed by atoms with Gasteiger partial charge in [-0.1, -0.05) is 36.4 Å². The van der Waals surface area contributed by atoms with Gasteiger partial charge in [-0.15, -0.1) is 12.4 Å². The number of halogens is 1. The molecule has 1 unspecified atom stereocenters. The Morgan fingerprint density at radius 1 is 1.13 bits per heavy atom. The number of nitrogens with one attached hydrogen (secondary N) is 1. The van der Waals surface area contributed by atoms with Crippen LogP contribution in [0, 0.1) is 6.92 Å². The van der Waals surface area contributed by atoms with Gasteiger partial charge in [0, 0.05) is 17.4 Å². The van der Waals surface area contributed by atoms with Crippen LogP contribution in [0.4, 0.5) is 0 Å². The van der Waals surface area contributed by atoms with Gasteiger partial charge in [0.25, 0.3) is 0 Å². The highest BCUT2D eigenvalue weighted by Gasteiger charge is 2.24. The van der Waals surface area contributed by atoms with Crippen molar-refractivity contribution in [1.82, 2.24) is 5.32 Å². The molecule has 0 spiro atoms. The molecule has 2 heterocycles. The largest absolute Gasteiger partial charge is 0.485 e.